The Morgan fingerprint density at radius 1 is 1.17 bits per heavy atom. The van der Waals surface area contributed by atoms with E-state index in [1.807, 2.05) is 13.0 Å². The molecule has 0 atom stereocenters. The molecule has 2 rings (SSSR count). The van der Waals surface area contributed by atoms with Crippen LogP contribution in [0.3, 0.4) is 0 Å². The Hall–Kier alpha value is -3.79. The van der Waals surface area contributed by atoms with Gasteiger partial charge in [-0.1, -0.05) is 37.6 Å². The van der Waals surface area contributed by atoms with Crippen molar-refractivity contribution in [2.45, 2.75) is 26.2 Å². The Balaban J connectivity index is 1.96. The molecule has 0 fully saturated rings. The van der Waals surface area contributed by atoms with Crippen molar-refractivity contribution in [1.29, 1.82) is 5.26 Å². The lowest BCUT2D eigenvalue weighted by Gasteiger charge is -2.10. The van der Waals surface area contributed by atoms with Gasteiger partial charge >= 0.3 is 5.97 Å². The summed E-state index contributed by atoms with van der Waals surface area (Å²) in [5.41, 5.74) is 1.61. The lowest BCUT2D eigenvalue weighted by Crippen LogP contribution is -2.27. The van der Waals surface area contributed by atoms with Gasteiger partial charge in [0, 0.05) is 12.7 Å². The smallest absolute Gasteiger partial charge is 0.340 e. The number of phenols is 1. The van der Waals surface area contributed by atoms with Crippen LogP contribution in [0.25, 0.3) is 0 Å². The number of rotatable bonds is 10. The Morgan fingerprint density at radius 2 is 1.90 bits per heavy atom. The first kappa shape index (κ1) is 22.5. The highest BCUT2D eigenvalue weighted by Crippen LogP contribution is 2.17. The van der Waals surface area contributed by atoms with Crippen LogP contribution in [0.2, 0.25) is 0 Å². The lowest BCUT2D eigenvalue weighted by molar-refractivity contribution is -0.117. The second-order valence-corrected chi connectivity index (χ2v) is 6.52. The van der Waals surface area contributed by atoms with Crippen LogP contribution in [0.15, 0.2) is 60.3 Å². The summed E-state index contributed by atoms with van der Waals surface area (Å²) in [7, 11) is 0. The van der Waals surface area contributed by atoms with E-state index in [1.54, 1.807) is 48.5 Å². The molecule has 7 heteroatoms. The third-order valence-electron chi connectivity index (χ3n) is 4.25. The molecule has 2 aromatic rings. The summed E-state index contributed by atoms with van der Waals surface area (Å²) in [5, 5.41) is 24.1. The van der Waals surface area contributed by atoms with E-state index < -0.39 is 11.9 Å². The number of nitrogens with zero attached hydrogens (tertiary/aromatic N) is 1. The van der Waals surface area contributed by atoms with Crippen molar-refractivity contribution in [3.05, 3.63) is 71.4 Å². The molecule has 0 radical (unpaired) electrons. The van der Waals surface area contributed by atoms with Gasteiger partial charge < -0.3 is 20.5 Å². The number of anilines is 1. The molecule has 30 heavy (non-hydrogen) atoms. The SMILES string of the molecule is CCCCOC(=O)c1ccccc1N/C=C(/C#N)C(=O)NCCc1ccc(O)cc1. The number of ether oxygens (including phenoxy) is 1. The number of hydrogen-bond donors (Lipinski definition) is 3. The van der Waals surface area contributed by atoms with E-state index in [0.29, 0.717) is 30.8 Å². The van der Waals surface area contributed by atoms with Crippen LogP contribution in [0.4, 0.5) is 5.69 Å². The minimum absolute atomic E-state index is 0.116. The van der Waals surface area contributed by atoms with Gasteiger partial charge in [-0.05, 0) is 42.7 Å². The van der Waals surface area contributed by atoms with Gasteiger partial charge in [-0.3, -0.25) is 4.79 Å². The summed E-state index contributed by atoms with van der Waals surface area (Å²) in [5.74, 6) is -0.804. The van der Waals surface area contributed by atoms with E-state index in [-0.39, 0.29) is 11.3 Å². The van der Waals surface area contributed by atoms with Crippen LogP contribution in [0, 0.1) is 11.3 Å². The number of para-hydroxylation sites is 1. The first-order valence-corrected chi connectivity index (χ1v) is 9.74. The van der Waals surface area contributed by atoms with E-state index in [0.717, 1.165) is 18.4 Å². The fourth-order valence-corrected chi connectivity index (χ4v) is 2.55. The number of aromatic hydroxyl groups is 1. The van der Waals surface area contributed by atoms with E-state index in [9.17, 15) is 20.0 Å². The monoisotopic (exact) mass is 407 g/mol. The molecular formula is C23H25N3O4. The first-order chi connectivity index (χ1) is 14.5. The summed E-state index contributed by atoms with van der Waals surface area (Å²) in [6.45, 7) is 2.68. The Kier molecular flexibility index (Phi) is 8.94. The average Bonchev–Trinajstić information content (AvgIpc) is 2.76. The van der Waals surface area contributed by atoms with Crippen LogP contribution >= 0.6 is 0 Å². The Labute approximate surface area is 176 Å². The van der Waals surface area contributed by atoms with Gasteiger partial charge in [-0.2, -0.15) is 5.26 Å². The van der Waals surface area contributed by atoms with Gasteiger partial charge in [0.1, 0.15) is 17.4 Å². The predicted molar refractivity (Wildman–Crippen MR) is 114 cm³/mol. The van der Waals surface area contributed by atoms with E-state index in [4.69, 9.17) is 4.74 Å². The molecule has 2 aromatic carbocycles. The number of amides is 1. The number of nitrogens with one attached hydrogen (secondary N) is 2. The van der Waals surface area contributed by atoms with Crippen LogP contribution in [0.1, 0.15) is 35.7 Å². The number of esters is 1. The van der Waals surface area contributed by atoms with Gasteiger partial charge in [0.2, 0.25) is 0 Å². The minimum Gasteiger partial charge on any atom is -0.508 e. The molecular weight excluding hydrogens is 382 g/mol. The summed E-state index contributed by atoms with van der Waals surface area (Å²) in [6.07, 6.45) is 3.53. The maximum atomic E-state index is 12.3. The predicted octanol–water partition coefficient (Wildman–Crippen LogP) is 3.53. The fraction of sp³-hybridized carbons (Fsp3) is 0.261. The van der Waals surface area contributed by atoms with E-state index in [1.165, 1.54) is 6.20 Å². The maximum Gasteiger partial charge on any atom is 0.340 e. The zero-order valence-corrected chi connectivity index (χ0v) is 16.9. The van der Waals surface area contributed by atoms with Crippen LogP contribution in [0.5, 0.6) is 5.75 Å². The zero-order valence-electron chi connectivity index (χ0n) is 16.9. The minimum atomic E-state index is -0.521. The van der Waals surface area contributed by atoms with Crippen molar-refractivity contribution in [2.75, 3.05) is 18.5 Å². The van der Waals surface area contributed by atoms with Crippen molar-refractivity contribution in [1.82, 2.24) is 5.32 Å². The number of nitriles is 1. The molecule has 0 bridgehead atoms. The maximum absolute atomic E-state index is 12.3. The summed E-state index contributed by atoms with van der Waals surface area (Å²) in [6, 6.07) is 15.3. The molecule has 156 valence electrons. The van der Waals surface area contributed by atoms with Crippen molar-refractivity contribution < 1.29 is 19.4 Å². The molecule has 7 nitrogen and oxygen atoms in total. The molecule has 3 N–H and O–H groups in total. The third kappa shape index (κ3) is 6.99. The average molecular weight is 407 g/mol. The molecule has 0 unspecified atom stereocenters. The summed E-state index contributed by atoms with van der Waals surface area (Å²) in [4.78, 5) is 24.5. The van der Waals surface area contributed by atoms with Gasteiger partial charge in [-0.15, -0.1) is 0 Å². The fourth-order valence-electron chi connectivity index (χ4n) is 2.55. The quantitative estimate of drug-likeness (QED) is 0.240. The number of carbonyl (C=O) groups is 2. The molecule has 1 amide bonds. The normalized spacial score (nSPS) is 10.7. The number of carbonyl (C=O) groups excluding carboxylic acids is 2. The first-order valence-electron chi connectivity index (χ1n) is 9.74. The van der Waals surface area contributed by atoms with E-state index in [2.05, 4.69) is 10.6 Å². The van der Waals surface area contributed by atoms with Crippen molar-refractivity contribution in [3.8, 4) is 11.8 Å². The van der Waals surface area contributed by atoms with Crippen molar-refractivity contribution >= 4 is 17.6 Å². The molecule has 0 aromatic heterocycles. The van der Waals surface area contributed by atoms with E-state index >= 15 is 0 Å². The topological polar surface area (TPSA) is 111 Å². The van der Waals surface area contributed by atoms with Crippen LogP contribution < -0.4 is 10.6 Å². The number of unbranched alkanes of at least 4 members (excludes halogenated alkanes) is 1. The highest BCUT2D eigenvalue weighted by atomic mass is 16.5. The second kappa shape index (κ2) is 11.9. The highest BCUT2D eigenvalue weighted by molar-refractivity contribution is 5.98. The molecule has 0 aliphatic heterocycles. The Bertz CT molecular complexity index is 930. The lowest BCUT2D eigenvalue weighted by atomic mass is 10.1. The van der Waals surface area contributed by atoms with Gasteiger partial charge in [0.25, 0.3) is 5.91 Å². The summed E-state index contributed by atoms with van der Waals surface area (Å²) < 4.78 is 5.23. The largest absolute Gasteiger partial charge is 0.508 e. The number of hydrogen-bond acceptors (Lipinski definition) is 6. The molecule has 0 saturated carbocycles. The molecule has 0 aliphatic carbocycles. The van der Waals surface area contributed by atoms with Crippen LogP contribution in [-0.2, 0) is 16.0 Å². The molecule has 0 saturated heterocycles. The molecule has 0 aliphatic rings. The second-order valence-electron chi connectivity index (χ2n) is 6.52. The standard InChI is InChI=1S/C23H25N3O4/c1-2-3-14-30-23(29)20-6-4-5-7-21(20)26-16-18(15-24)22(28)25-13-12-17-8-10-19(27)11-9-17/h4-11,16,26-27H,2-3,12-14H2,1H3,(H,25,28)/b18-16-. The highest BCUT2D eigenvalue weighted by Gasteiger charge is 2.13. The van der Waals surface area contributed by atoms with Gasteiger partial charge in [0.15, 0.2) is 0 Å². The molecule has 0 heterocycles. The van der Waals surface area contributed by atoms with Crippen LogP contribution in [-0.4, -0.2) is 30.1 Å². The Morgan fingerprint density at radius 3 is 2.60 bits per heavy atom. The number of phenolic OH excluding ortho intramolecular Hbond substituents is 1. The third-order valence-corrected chi connectivity index (χ3v) is 4.25. The number of benzene rings is 2. The molecule has 0 spiro atoms. The van der Waals surface area contributed by atoms with Crippen molar-refractivity contribution in [3.63, 3.8) is 0 Å². The summed E-state index contributed by atoms with van der Waals surface area (Å²) >= 11 is 0. The van der Waals surface area contributed by atoms with Crippen molar-refractivity contribution in [2.24, 2.45) is 0 Å². The van der Waals surface area contributed by atoms with Gasteiger partial charge in [0.05, 0.1) is 17.9 Å². The zero-order chi connectivity index (χ0) is 21.8. The van der Waals surface area contributed by atoms with Gasteiger partial charge in [-0.25, -0.2) is 4.79 Å².